The molecule has 1 heterocycles. The first-order chi connectivity index (χ1) is 10.2. The third kappa shape index (κ3) is 4.56. The summed E-state index contributed by atoms with van der Waals surface area (Å²) in [5.41, 5.74) is 3.86. The molecule has 5 nitrogen and oxygen atoms in total. The third-order valence-corrected chi connectivity index (χ3v) is 3.76. The fraction of sp³-hybridized carbons (Fsp3) is 0.267. The number of carbonyl (C=O) groups is 1. The Labute approximate surface area is 128 Å². The Hall–Kier alpha value is -1.89. The highest BCUT2D eigenvalue weighted by Gasteiger charge is 2.10. The molecule has 1 aromatic heterocycles. The van der Waals surface area contributed by atoms with E-state index < -0.39 is 0 Å². The topological polar surface area (TPSA) is 67.6 Å². The summed E-state index contributed by atoms with van der Waals surface area (Å²) in [4.78, 5) is 13.8. The summed E-state index contributed by atoms with van der Waals surface area (Å²) in [5.74, 6) is 5.36. The molecule has 1 amide bonds. The van der Waals surface area contributed by atoms with E-state index in [-0.39, 0.29) is 5.91 Å². The van der Waals surface area contributed by atoms with Crippen LogP contribution in [0.25, 0.3) is 0 Å². The average molecular weight is 305 g/mol. The number of likely N-dealkylation sites (N-methyl/N-ethyl adjacent to an activating group) is 1. The van der Waals surface area contributed by atoms with Gasteiger partial charge in [-0.25, -0.2) is 5.84 Å². The number of nitrogens with zero attached hydrogens (tertiary/aromatic N) is 1. The Morgan fingerprint density at radius 3 is 2.90 bits per heavy atom. The molecule has 3 N–H and O–H groups in total. The average Bonchev–Trinajstić information content (AvgIpc) is 3.00. The van der Waals surface area contributed by atoms with Crippen molar-refractivity contribution in [2.45, 2.75) is 6.54 Å². The lowest BCUT2D eigenvalue weighted by molar-refractivity contribution is 0.0949. The Balaban J connectivity index is 1.84. The second-order valence-corrected chi connectivity index (χ2v) is 5.47. The van der Waals surface area contributed by atoms with Crippen LogP contribution in [0.5, 0.6) is 5.75 Å². The van der Waals surface area contributed by atoms with Gasteiger partial charge in [-0.1, -0.05) is 12.1 Å². The van der Waals surface area contributed by atoms with Gasteiger partial charge in [-0.05, 0) is 41.6 Å². The molecule has 1 aromatic carbocycles. The van der Waals surface area contributed by atoms with Crippen LogP contribution in [-0.4, -0.2) is 31.0 Å². The van der Waals surface area contributed by atoms with Crippen LogP contribution in [0.4, 0.5) is 0 Å². The normalized spacial score (nSPS) is 10.6. The molecule has 2 aromatic rings. The molecule has 0 saturated carbocycles. The van der Waals surface area contributed by atoms with E-state index in [0.29, 0.717) is 17.9 Å². The first-order valence-corrected chi connectivity index (χ1v) is 7.57. The maximum absolute atomic E-state index is 11.6. The van der Waals surface area contributed by atoms with Gasteiger partial charge in [-0.15, -0.1) is 0 Å². The highest BCUT2D eigenvalue weighted by molar-refractivity contribution is 7.07. The van der Waals surface area contributed by atoms with Crippen molar-refractivity contribution in [3.8, 4) is 5.75 Å². The monoisotopic (exact) mass is 305 g/mol. The number of hydrogen-bond acceptors (Lipinski definition) is 5. The number of benzene rings is 1. The molecule has 0 unspecified atom stereocenters. The summed E-state index contributed by atoms with van der Waals surface area (Å²) in [7, 11) is 2.04. The maximum Gasteiger partial charge on any atom is 0.268 e. The van der Waals surface area contributed by atoms with Crippen molar-refractivity contribution in [3.63, 3.8) is 0 Å². The van der Waals surface area contributed by atoms with Gasteiger partial charge >= 0.3 is 0 Å². The molecule has 0 saturated heterocycles. The quantitative estimate of drug-likeness (QED) is 0.465. The zero-order valence-electron chi connectivity index (χ0n) is 11.9. The highest BCUT2D eigenvalue weighted by atomic mass is 32.1. The molecule has 21 heavy (non-hydrogen) atoms. The number of amides is 1. The van der Waals surface area contributed by atoms with E-state index >= 15 is 0 Å². The lowest BCUT2D eigenvalue weighted by Gasteiger charge is -2.17. The molecule has 0 bridgehead atoms. The molecule has 112 valence electrons. The van der Waals surface area contributed by atoms with Gasteiger partial charge in [0.1, 0.15) is 12.4 Å². The lowest BCUT2D eigenvalue weighted by Crippen LogP contribution is -2.30. The number of hydrazine groups is 1. The smallest absolute Gasteiger partial charge is 0.268 e. The molecule has 2 rings (SSSR count). The standard InChI is InChI=1S/C15H19N3O2S/c1-18(10-12-6-9-21-11-12)7-8-20-14-5-3-2-4-13(14)15(19)17-16/h2-6,9,11H,7-8,10,16H2,1H3,(H,17,19). The summed E-state index contributed by atoms with van der Waals surface area (Å²) in [6.45, 7) is 2.17. The number of nitrogens with one attached hydrogen (secondary N) is 1. The Morgan fingerprint density at radius 1 is 1.38 bits per heavy atom. The van der Waals surface area contributed by atoms with Crippen LogP contribution in [0.15, 0.2) is 41.1 Å². The van der Waals surface area contributed by atoms with Gasteiger partial charge in [0.2, 0.25) is 0 Å². The minimum atomic E-state index is -0.350. The molecule has 0 radical (unpaired) electrons. The van der Waals surface area contributed by atoms with Crippen LogP contribution < -0.4 is 16.0 Å². The van der Waals surface area contributed by atoms with E-state index in [0.717, 1.165) is 13.1 Å². The van der Waals surface area contributed by atoms with E-state index in [9.17, 15) is 4.79 Å². The van der Waals surface area contributed by atoms with Crippen molar-refractivity contribution < 1.29 is 9.53 Å². The van der Waals surface area contributed by atoms with Crippen molar-refractivity contribution in [2.24, 2.45) is 5.84 Å². The molecule has 0 aliphatic carbocycles. The van der Waals surface area contributed by atoms with Crippen LogP contribution in [0.1, 0.15) is 15.9 Å². The molecule has 0 aliphatic rings. The largest absolute Gasteiger partial charge is 0.491 e. The van der Waals surface area contributed by atoms with E-state index in [1.807, 2.05) is 13.1 Å². The predicted molar refractivity (Wildman–Crippen MR) is 84.2 cm³/mol. The predicted octanol–water partition coefficient (Wildman–Crippen LogP) is 1.86. The lowest BCUT2D eigenvalue weighted by atomic mass is 10.2. The molecule has 0 spiro atoms. The number of carbonyl (C=O) groups excluding carboxylic acids is 1. The minimum absolute atomic E-state index is 0.350. The van der Waals surface area contributed by atoms with Crippen molar-refractivity contribution in [1.29, 1.82) is 0 Å². The summed E-state index contributed by atoms with van der Waals surface area (Å²) >= 11 is 1.70. The summed E-state index contributed by atoms with van der Waals surface area (Å²) in [6.07, 6.45) is 0. The number of para-hydroxylation sites is 1. The maximum atomic E-state index is 11.6. The van der Waals surface area contributed by atoms with Gasteiger partial charge < -0.3 is 4.74 Å². The molecular formula is C15H19N3O2S. The van der Waals surface area contributed by atoms with Crippen molar-refractivity contribution >= 4 is 17.2 Å². The Morgan fingerprint density at radius 2 is 2.19 bits per heavy atom. The molecule has 6 heteroatoms. The van der Waals surface area contributed by atoms with E-state index in [2.05, 4.69) is 27.2 Å². The Kier molecular flexibility index (Phi) is 5.74. The van der Waals surface area contributed by atoms with Gasteiger partial charge in [0.05, 0.1) is 5.56 Å². The minimum Gasteiger partial charge on any atom is -0.491 e. The van der Waals surface area contributed by atoms with Gasteiger partial charge in [-0.2, -0.15) is 11.3 Å². The number of ether oxygens (including phenoxy) is 1. The van der Waals surface area contributed by atoms with Crippen molar-refractivity contribution in [3.05, 3.63) is 52.2 Å². The third-order valence-electron chi connectivity index (χ3n) is 3.03. The number of rotatable bonds is 7. The number of hydrogen-bond donors (Lipinski definition) is 2. The highest BCUT2D eigenvalue weighted by Crippen LogP contribution is 2.17. The fourth-order valence-corrected chi connectivity index (χ4v) is 2.60. The van der Waals surface area contributed by atoms with Gasteiger partial charge in [0.25, 0.3) is 5.91 Å². The second-order valence-electron chi connectivity index (χ2n) is 4.69. The van der Waals surface area contributed by atoms with E-state index in [1.54, 1.807) is 29.5 Å². The first-order valence-electron chi connectivity index (χ1n) is 6.63. The van der Waals surface area contributed by atoms with Gasteiger partial charge in [-0.3, -0.25) is 15.1 Å². The van der Waals surface area contributed by atoms with Crippen LogP contribution in [-0.2, 0) is 6.54 Å². The number of nitrogens with two attached hydrogens (primary N) is 1. The number of nitrogen functional groups attached to an aromatic ring is 1. The summed E-state index contributed by atoms with van der Waals surface area (Å²) < 4.78 is 5.69. The van der Waals surface area contributed by atoms with Crippen molar-refractivity contribution in [1.82, 2.24) is 10.3 Å². The van der Waals surface area contributed by atoms with Crippen molar-refractivity contribution in [2.75, 3.05) is 20.2 Å². The van der Waals surface area contributed by atoms with Crippen LogP contribution in [0, 0.1) is 0 Å². The van der Waals surface area contributed by atoms with Gasteiger partial charge in [0.15, 0.2) is 0 Å². The zero-order chi connectivity index (χ0) is 15.1. The van der Waals surface area contributed by atoms with E-state index in [1.165, 1.54) is 5.56 Å². The SMILES string of the molecule is CN(CCOc1ccccc1C(=O)NN)Cc1ccsc1. The number of thiophene rings is 1. The molecular weight excluding hydrogens is 286 g/mol. The second kappa shape index (κ2) is 7.78. The molecule has 0 atom stereocenters. The fourth-order valence-electron chi connectivity index (χ4n) is 1.94. The molecule has 0 aliphatic heterocycles. The van der Waals surface area contributed by atoms with Crippen LogP contribution in [0.2, 0.25) is 0 Å². The van der Waals surface area contributed by atoms with E-state index in [4.69, 9.17) is 10.6 Å². The summed E-state index contributed by atoms with van der Waals surface area (Å²) in [5, 5.41) is 4.21. The van der Waals surface area contributed by atoms with Gasteiger partial charge in [0, 0.05) is 13.1 Å². The Bertz CT molecular complexity index is 572. The first kappa shape index (κ1) is 15.5. The van der Waals surface area contributed by atoms with Crippen LogP contribution >= 0.6 is 11.3 Å². The molecule has 0 fully saturated rings. The van der Waals surface area contributed by atoms with Crippen LogP contribution in [0.3, 0.4) is 0 Å². The summed E-state index contributed by atoms with van der Waals surface area (Å²) in [6, 6.07) is 9.18. The zero-order valence-corrected chi connectivity index (χ0v) is 12.7.